The number of sulfonamides is 1. The van der Waals surface area contributed by atoms with Crippen LogP contribution in [-0.2, 0) is 10.0 Å². The normalized spacial score (nSPS) is 12.2. The van der Waals surface area contributed by atoms with Crippen molar-refractivity contribution >= 4 is 21.5 Å². The van der Waals surface area contributed by atoms with Crippen LogP contribution < -0.4 is 15.2 Å². The van der Waals surface area contributed by atoms with E-state index < -0.39 is 10.0 Å². The van der Waals surface area contributed by atoms with Gasteiger partial charge in [-0.1, -0.05) is 5.16 Å². The highest BCUT2D eigenvalue weighted by Gasteiger charge is 2.12. The predicted octanol–water partition coefficient (Wildman–Crippen LogP) is 0.551. The molecule has 0 aliphatic rings. The Morgan fingerprint density at radius 1 is 1.56 bits per heavy atom. The molecule has 0 saturated carbocycles. The first-order chi connectivity index (χ1) is 8.43. The van der Waals surface area contributed by atoms with Crippen molar-refractivity contribution in [3.05, 3.63) is 23.8 Å². The minimum atomic E-state index is -3.38. The second kappa shape index (κ2) is 5.58. The molecule has 0 bridgehead atoms. The highest BCUT2D eigenvalue weighted by atomic mass is 32.2. The molecule has 0 aromatic heterocycles. The lowest BCUT2D eigenvalue weighted by Gasteiger charge is -2.12. The van der Waals surface area contributed by atoms with Gasteiger partial charge in [0.25, 0.3) is 0 Å². The SMILES string of the molecule is CCS(=O)(=O)Nc1ccc(/C(N)=N/O)cc1OC. The molecule has 100 valence electrons. The van der Waals surface area contributed by atoms with Gasteiger partial charge in [-0.25, -0.2) is 8.42 Å². The molecule has 0 amide bonds. The standard InChI is InChI=1S/C10H15N3O4S/c1-3-18(15,16)13-8-5-4-7(10(11)12-14)6-9(8)17-2/h4-6,13-14H,3H2,1-2H3,(H2,11,12). The zero-order valence-electron chi connectivity index (χ0n) is 10.0. The number of oxime groups is 1. The van der Waals surface area contributed by atoms with Crippen LogP contribution in [0.25, 0.3) is 0 Å². The molecule has 18 heavy (non-hydrogen) atoms. The maximum Gasteiger partial charge on any atom is 0.232 e. The van der Waals surface area contributed by atoms with Gasteiger partial charge in [0.05, 0.1) is 18.6 Å². The Bertz CT molecular complexity index is 554. The third-order valence-corrected chi connectivity index (χ3v) is 3.54. The van der Waals surface area contributed by atoms with Gasteiger partial charge in [0, 0.05) is 5.56 Å². The summed E-state index contributed by atoms with van der Waals surface area (Å²) in [7, 11) is -1.99. The Morgan fingerprint density at radius 2 is 2.22 bits per heavy atom. The molecule has 1 aromatic rings. The summed E-state index contributed by atoms with van der Waals surface area (Å²) in [6.45, 7) is 1.53. The number of nitrogens with two attached hydrogens (primary N) is 1. The molecule has 0 fully saturated rings. The lowest BCUT2D eigenvalue weighted by Crippen LogP contribution is -2.16. The lowest BCUT2D eigenvalue weighted by atomic mass is 10.2. The first-order valence-electron chi connectivity index (χ1n) is 5.10. The fourth-order valence-corrected chi connectivity index (χ4v) is 1.88. The highest BCUT2D eigenvalue weighted by Crippen LogP contribution is 2.26. The van der Waals surface area contributed by atoms with Gasteiger partial charge in [-0.2, -0.15) is 0 Å². The van der Waals surface area contributed by atoms with Crippen molar-refractivity contribution in [2.45, 2.75) is 6.92 Å². The van der Waals surface area contributed by atoms with Gasteiger partial charge >= 0.3 is 0 Å². The fraction of sp³-hybridized carbons (Fsp3) is 0.300. The van der Waals surface area contributed by atoms with E-state index in [1.807, 2.05) is 0 Å². The summed E-state index contributed by atoms with van der Waals surface area (Å²) < 4.78 is 30.3. The molecule has 1 rings (SSSR count). The fourth-order valence-electron chi connectivity index (χ4n) is 1.23. The second-order valence-corrected chi connectivity index (χ2v) is 5.42. The Balaban J connectivity index is 3.16. The number of ether oxygens (including phenoxy) is 1. The lowest BCUT2D eigenvalue weighted by molar-refractivity contribution is 0.318. The molecular weight excluding hydrogens is 258 g/mol. The van der Waals surface area contributed by atoms with E-state index in [1.54, 1.807) is 0 Å². The Hall–Kier alpha value is -1.96. The topological polar surface area (TPSA) is 114 Å². The predicted molar refractivity (Wildman–Crippen MR) is 68.6 cm³/mol. The zero-order chi connectivity index (χ0) is 13.8. The summed E-state index contributed by atoms with van der Waals surface area (Å²) in [6, 6.07) is 4.48. The first kappa shape index (κ1) is 14.1. The molecule has 0 unspecified atom stereocenters. The summed E-state index contributed by atoms with van der Waals surface area (Å²) >= 11 is 0. The summed E-state index contributed by atoms with van der Waals surface area (Å²) in [5.41, 5.74) is 6.15. The molecule has 0 spiro atoms. The summed E-state index contributed by atoms with van der Waals surface area (Å²) in [5.74, 6) is 0.160. The van der Waals surface area contributed by atoms with Crippen molar-refractivity contribution in [2.24, 2.45) is 10.9 Å². The van der Waals surface area contributed by atoms with Crippen LogP contribution in [0.2, 0.25) is 0 Å². The number of amidine groups is 1. The molecule has 0 atom stereocenters. The minimum absolute atomic E-state index is 0.0435. The largest absolute Gasteiger partial charge is 0.495 e. The Labute approximate surface area is 105 Å². The maximum atomic E-state index is 11.5. The van der Waals surface area contributed by atoms with E-state index in [4.69, 9.17) is 15.7 Å². The van der Waals surface area contributed by atoms with Gasteiger partial charge in [-0.15, -0.1) is 0 Å². The van der Waals surface area contributed by atoms with Crippen molar-refractivity contribution < 1.29 is 18.4 Å². The van der Waals surface area contributed by atoms with E-state index in [0.717, 1.165) is 0 Å². The van der Waals surface area contributed by atoms with Gasteiger partial charge in [0.1, 0.15) is 5.75 Å². The van der Waals surface area contributed by atoms with Gasteiger partial charge in [0.2, 0.25) is 10.0 Å². The Kier molecular flexibility index (Phi) is 4.38. The van der Waals surface area contributed by atoms with Crippen LogP contribution in [0.15, 0.2) is 23.4 Å². The molecule has 0 aliphatic heterocycles. The van der Waals surface area contributed by atoms with Crippen molar-refractivity contribution in [1.29, 1.82) is 0 Å². The number of hydrogen-bond acceptors (Lipinski definition) is 5. The summed E-state index contributed by atoms with van der Waals surface area (Å²) in [6.07, 6.45) is 0. The third-order valence-electron chi connectivity index (χ3n) is 2.25. The van der Waals surface area contributed by atoms with E-state index in [9.17, 15) is 8.42 Å². The second-order valence-electron chi connectivity index (χ2n) is 3.41. The summed E-state index contributed by atoms with van der Waals surface area (Å²) in [4.78, 5) is 0. The smallest absolute Gasteiger partial charge is 0.232 e. The highest BCUT2D eigenvalue weighted by molar-refractivity contribution is 7.92. The molecule has 0 saturated heterocycles. The molecule has 8 heteroatoms. The van der Waals surface area contributed by atoms with Crippen molar-refractivity contribution in [3.63, 3.8) is 0 Å². The molecule has 1 aromatic carbocycles. The number of rotatable bonds is 5. The third kappa shape index (κ3) is 3.27. The molecule has 0 heterocycles. The number of hydrogen-bond donors (Lipinski definition) is 3. The number of benzene rings is 1. The van der Waals surface area contributed by atoms with E-state index in [2.05, 4.69) is 9.88 Å². The van der Waals surface area contributed by atoms with Crippen LogP contribution in [0.4, 0.5) is 5.69 Å². The van der Waals surface area contributed by atoms with E-state index in [1.165, 1.54) is 32.2 Å². The van der Waals surface area contributed by atoms with Crippen LogP contribution in [0.3, 0.4) is 0 Å². The molecule has 7 nitrogen and oxygen atoms in total. The minimum Gasteiger partial charge on any atom is -0.495 e. The average Bonchev–Trinajstić information content (AvgIpc) is 2.38. The van der Waals surface area contributed by atoms with Gasteiger partial charge in [-0.3, -0.25) is 4.72 Å². The van der Waals surface area contributed by atoms with Gasteiger partial charge in [-0.05, 0) is 25.1 Å². The number of nitrogens with zero attached hydrogens (tertiary/aromatic N) is 1. The first-order valence-corrected chi connectivity index (χ1v) is 6.75. The molecular formula is C10H15N3O4S. The van der Waals surface area contributed by atoms with Crippen molar-refractivity contribution in [2.75, 3.05) is 17.6 Å². The number of anilines is 1. The van der Waals surface area contributed by atoms with E-state index in [0.29, 0.717) is 11.3 Å². The van der Waals surface area contributed by atoms with Gasteiger partial charge < -0.3 is 15.7 Å². The maximum absolute atomic E-state index is 11.5. The van der Waals surface area contributed by atoms with E-state index >= 15 is 0 Å². The molecule has 0 radical (unpaired) electrons. The van der Waals surface area contributed by atoms with Crippen molar-refractivity contribution in [1.82, 2.24) is 0 Å². The summed E-state index contributed by atoms with van der Waals surface area (Å²) in [5, 5.41) is 11.4. The van der Waals surface area contributed by atoms with Crippen LogP contribution in [0, 0.1) is 0 Å². The van der Waals surface area contributed by atoms with Crippen molar-refractivity contribution in [3.8, 4) is 5.75 Å². The number of nitrogens with one attached hydrogen (secondary N) is 1. The average molecular weight is 273 g/mol. The van der Waals surface area contributed by atoms with Crippen LogP contribution in [-0.4, -0.2) is 32.3 Å². The van der Waals surface area contributed by atoms with Crippen LogP contribution in [0.5, 0.6) is 5.75 Å². The Morgan fingerprint density at radius 3 is 2.72 bits per heavy atom. The van der Waals surface area contributed by atoms with E-state index in [-0.39, 0.29) is 17.3 Å². The zero-order valence-corrected chi connectivity index (χ0v) is 10.9. The molecule has 0 aliphatic carbocycles. The quantitative estimate of drug-likeness (QED) is 0.314. The van der Waals surface area contributed by atoms with Crippen LogP contribution in [0.1, 0.15) is 12.5 Å². The van der Waals surface area contributed by atoms with Crippen LogP contribution >= 0.6 is 0 Å². The molecule has 4 N–H and O–H groups in total. The monoisotopic (exact) mass is 273 g/mol. The number of methoxy groups -OCH3 is 1. The van der Waals surface area contributed by atoms with Gasteiger partial charge in [0.15, 0.2) is 5.84 Å².